The lowest BCUT2D eigenvalue weighted by Gasteiger charge is -2.40. The molecule has 1 nitrogen and oxygen atoms in total. The molecule has 2 bridgehead atoms. The van der Waals surface area contributed by atoms with Gasteiger partial charge < -0.3 is 0 Å². The molecule has 0 aromatic carbocycles. The van der Waals surface area contributed by atoms with Gasteiger partial charge in [-0.15, -0.1) is 0 Å². The molecule has 2 fully saturated rings. The first-order chi connectivity index (χ1) is 5.68. The summed E-state index contributed by atoms with van der Waals surface area (Å²) in [5, 5.41) is 0. The standard InChI is InChI=1S/C10H20BN/c1-7(2)12-9-3-4-10(12)6-8(11)5-9/h7-10H,3-6,11H2,1-2H3. The van der Waals surface area contributed by atoms with E-state index in [2.05, 4.69) is 26.6 Å². The fourth-order valence-electron chi connectivity index (χ4n) is 3.33. The Morgan fingerprint density at radius 3 is 2.08 bits per heavy atom. The van der Waals surface area contributed by atoms with Crippen molar-refractivity contribution < 1.29 is 0 Å². The van der Waals surface area contributed by atoms with Crippen LogP contribution in [0.15, 0.2) is 0 Å². The first-order valence-corrected chi connectivity index (χ1v) is 5.46. The Labute approximate surface area is 76.9 Å². The molecule has 0 spiro atoms. The summed E-state index contributed by atoms with van der Waals surface area (Å²) in [5.41, 5.74) is 0. The number of piperidine rings is 1. The molecule has 0 radical (unpaired) electrons. The minimum atomic E-state index is 0.773. The smallest absolute Gasteiger partial charge is 0.105 e. The molecule has 68 valence electrons. The van der Waals surface area contributed by atoms with E-state index < -0.39 is 0 Å². The highest BCUT2D eigenvalue weighted by Crippen LogP contribution is 2.40. The number of hydrogen-bond donors (Lipinski definition) is 0. The lowest BCUT2D eigenvalue weighted by molar-refractivity contribution is 0.105. The van der Waals surface area contributed by atoms with Gasteiger partial charge in [0.25, 0.3) is 0 Å². The molecule has 2 saturated heterocycles. The number of fused-ring (bicyclic) bond motifs is 2. The van der Waals surface area contributed by atoms with Gasteiger partial charge in [0.2, 0.25) is 0 Å². The Balaban J connectivity index is 2.09. The van der Waals surface area contributed by atoms with Crippen LogP contribution >= 0.6 is 0 Å². The minimum Gasteiger partial charge on any atom is -0.295 e. The summed E-state index contributed by atoms with van der Waals surface area (Å²) in [6, 6.07) is 2.63. The number of rotatable bonds is 1. The SMILES string of the molecule is BC1CC2CCC(C1)N2C(C)C. The highest BCUT2D eigenvalue weighted by Gasteiger charge is 2.39. The second-order valence-corrected chi connectivity index (χ2v) is 5.00. The van der Waals surface area contributed by atoms with Gasteiger partial charge in [-0.3, -0.25) is 4.90 Å². The summed E-state index contributed by atoms with van der Waals surface area (Å²) in [6.45, 7) is 4.70. The Morgan fingerprint density at radius 1 is 1.17 bits per heavy atom. The molecule has 12 heavy (non-hydrogen) atoms. The monoisotopic (exact) mass is 165 g/mol. The zero-order valence-electron chi connectivity index (χ0n) is 8.59. The van der Waals surface area contributed by atoms with Gasteiger partial charge in [0.05, 0.1) is 0 Å². The van der Waals surface area contributed by atoms with Crippen molar-refractivity contribution in [2.75, 3.05) is 0 Å². The van der Waals surface area contributed by atoms with Crippen molar-refractivity contribution in [2.24, 2.45) is 0 Å². The van der Waals surface area contributed by atoms with Crippen LogP contribution < -0.4 is 0 Å². The molecule has 2 heterocycles. The van der Waals surface area contributed by atoms with Crippen LogP contribution in [0, 0.1) is 0 Å². The predicted octanol–water partition coefficient (Wildman–Crippen LogP) is 1.44. The summed E-state index contributed by atoms with van der Waals surface area (Å²) in [5.74, 6) is 0.984. The van der Waals surface area contributed by atoms with Crippen LogP contribution in [-0.2, 0) is 0 Å². The Bertz CT molecular complexity index is 155. The fourth-order valence-corrected chi connectivity index (χ4v) is 3.33. The van der Waals surface area contributed by atoms with Crippen LogP contribution in [-0.4, -0.2) is 30.9 Å². The zero-order chi connectivity index (χ0) is 8.72. The largest absolute Gasteiger partial charge is 0.295 e. The van der Waals surface area contributed by atoms with Crippen molar-refractivity contribution in [1.29, 1.82) is 0 Å². The molecular weight excluding hydrogens is 145 g/mol. The Hall–Kier alpha value is 0.0249. The second-order valence-electron chi connectivity index (χ2n) is 5.00. The molecule has 0 N–H and O–H groups in total. The molecule has 0 saturated carbocycles. The van der Waals surface area contributed by atoms with Gasteiger partial charge in [0.15, 0.2) is 0 Å². The van der Waals surface area contributed by atoms with Crippen LogP contribution in [0.1, 0.15) is 39.5 Å². The summed E-state index contributed by atoms with van der Waals surface area (Å²) in [6.07, 6.45) is 5.84. The van der Waals surface area contributed by atoms with Crippen molar-refractivity contribution in [3.8, 4) is 0 Å². The van der Waals surface area contributed by atoms with Crippen LogP contribution in [0.2, 0.25) is 5.82 Å². The topological polar surface area (TPSA) is 3.24 Å². The maximum Gasteiger partial charge on any atom is 0.105 e. The zero-order valence-corrected chi connectivity index (χ0v) is 8.59. The van der Waals surface area contributed by atoms with Crippen LogP contribution in [0.25, 0.3) is 0 Å². The molecule has 0 amide bonds. The second kappa shape index (κ2) is 3.06. The average Bonchev–Trinajstić information content (AvgIpc) is 2.24. The first-order valence-electron chi connectivity index (χ1n) is 5.46. The van der Waals surface area contributed by atoms with Gasteiger partial charge in [0, 0.05) is 18.1 Å². The lowest BCUT2D eigenvalue weighted by Crippen LogP contribution is -2.45. The van der Waals surface area contributed by atoms with Crippen molar-refractivity contribution in [3.63, 3.8) is 0 Å². The summed E-state index contributed by atoms with van der Waals surface area (Å²) in [7, 11) is 2.42. The van der Waals surface area contributed by atoms with Gasteiger partial charge in [-0.1, -0.05) is 5.82 Å². The number of nitrogens with zero attached hydrogens (tertiary/aromatic N) is 1. The number of hydrogen-bond acceptors (Lipinski definition) is 1. The molecule has 0 aromatic heterocycles. The van der Waals surface area contributed by atoms with Crippen molar-refractivity contribution in [3.05, 3.63) is 0 Å². The Morgan fingerprint density at radius 2 is 1.67 bits per heavy atom. The molecular formula is C10H20BN. The van der Waals surface area contributed by atoms with Crippen LogP contribution in [0.5, 0.6) is 0 Å². The third-order valence-electron chi connectivity index (χ3n) is 3.62. The molecule has 2 rings (SSSR count). The van der Waals surface area contributed by atoms with E-state index in [4.69, 9.17) is 0 Å². The molecule has 2 aliphatic rings. The summed E-state index contributed by atoms with van der Waals surface area (Å²) < 4.78 is 0. The van der Waals surface area contributed by atoms with Gasteiger partial charge in [-0.05, 0) is 39.5 Å². The van der Waals surface area contributed by atoms with E-state index >= 15 is 0 Å². The highest BCUT2D eigenvalue weighted by atomic mass is 15.2. The Kier molecular flexibility index (Phi) is 2.20. The summed E-state index contributed by atoms with van der Waals surface area (Å²) >= 11 is 0. The molecule has 2 unspecified atom stereocenters. The predicted molar refractivity (Wildman–Crippen MR) is 55.3 cm³/mol. The first kappa shape index (κ1) is 8.62. The third-order valence-corrected chi connectivity index (χ3v) is 3.62. The molecule has 2 atom stereocenters. The van der Waals surface area contributed by atoms with Crippen molar-refractivity contribution >= 4 is 7.85 Å². The van der Waals surface area contributed by atoms with Crippen LogP contribution in [0.3, 0.4) is 0 Å². The van der Waals surface area contributed by atoms with E-state index in [1.54, 1.807) is 0 Å². The van der Waals surface area contributed by atoms with E-state index in [-0.39, 0.29) is 0 Å². The maximum atomic E-state index is 2.76. The third kappa shape index (κ3) is 1.30. The van der Waals surface area contributed by atoms with Crippen molar-refractivity contribution in [2.45, 2.75) is 63.5 Å². The van der Waals surface area contributed by atoms with E-state index in [9.17, 15) is 0 Å². The van der Waals surface area contributed by atoms with E-state index in [0.717, 1.165) is 23.9 Å². The quantitative estimate of drug-likeness (QED) is 0.531. The van der Waals surface area contributed by atoms with Gasteiger partial charge >= 0.3 is 0 Å². The minimum absolute atomic E-state index is 0.773. The molecule has 2 aliphatic heterocycles. The molecule has 2 heteroatoms. The van der Waals surface area contributed by atoms with E-state index in [1.807, 2.05) is 0 Å². The summed E-state index contributed by atoms with van der Waals surface area (Å²) in [4.78, 5) is 2.76. The highest BCUT2D eigenvalue weighted by molar-refractivity contribution is 6.11. The van der Waals surface area contributed by atoms with Crippen LogP contribution in [0.4, 0.5) is 0 Å². The fraction of sp³-hybridized carbons (Fsp3) is 1.00. The maximum absolute atomic E-state index is 2.76. The van der Waals surface area contributed by atoms with Gasteiger partial charge in [-0.25, -0.2) is 0 Å². The van der Waals surface area contributed by atoms with E-state index in [0.29, 0.717) is 0 Å². The average molecular weight is 165 g/mol. The van der Waals surface area contributed by atoms with Crippen molar-refractivity contribution in [1.82, 2.24) is 4.90 Å². The van der Waals surface area contributed by atoms with Gasteiger partial charge in [-0.2, -0.15) is 0 Å². The molecule has 0 aliphatic carbocycles. The van der Waals surface area contributed by atoms with E-state index in [1.165, 1.54) is 25.7 Å². The normalized spacial score (nSPS) is 42.4. The van der Waals surface area contributed by atoms with Gasteiger partial charge in [0.1, 0.15) is 7.85 Å². The lowest BCUT2D eigenvalue weighted by atomic mass is 9.76. The molecule has 0 aromatic rings.